The summed E-state index contributed by atoms with van der Waals surface area (Å²) in [5, 5.41) is 33.5. The number of ether oxygens (including phenoxy) is 2. The van der Waals surface area contributed by atoms with E-state index in [-0.39, 0.29) is 22.8 Å². The molecular weight excluding hydrogens is 845 g/mol. The van der Waals surface area contributed by atoms with Crippen LogP contribution < -0.4 is 19.9 Å². The van der Waals surface area contributed by atoms with Crippen LogP contribution >= 0.6 is 0 Å². The zero-order chi connectivity index (χ0) is 48.8. The van der Waals surface area contributed by atoms with Gasteiger partial charge in [0.05, 0.1) is 13.2 Å². The highest BCUT2D eigenvalue weighted by Gasteiger charge is 2.25. The van der Waals surface area contributed by atoms with Gasteiger partial charge in [-0.15, -0.1) is 0 Å². The van der Waals surface area contributed by atoms with Gasteiger partial charge in [0.15, 0.2) is 0 Å². The van der Waals surface area contributed by atoms with Gasteiger partial charge in [0.1, 0.15) is 23.0 Å². The summed E-state index contributed by atoms with van der Waals surface area (Å²) in [5.41, 5.74) is 8.69. The van der Waals surface area contributed by atoms with E-state index < -0.39 is 0 Å². The molecule has 0 radical (unpaired) electrons. The number of hydrogen-bond acceptors (Lipinski definition) is 4. The van der Waals surface area contributed by atoms with E-state index in [2.05, 4.69) is 150 Å². The molecule has 9 aromatic carbocycles. The third kappa shape index (κ3) is 9.63. The molecule has 4 nitrogen and oxygen atoms in total. The zero-order valence-electron chi connectivity index (χ0n) is 41.4. The molecule has 2 N–H and O–H groups in total. The minimum atomic E-state index is -0.212. The number of phenols is 2. The van der Waals surface area contributed by atoms with Gasteiger partial charge in [-0.1, -0.05) is 182 Å². The third-order valence-corrected chi connectivity index (χ3v) is 13.0. The number of para-hydroxylation sites is 2. The van der Waals surface area contributed by atoms with Crippen molar-refractivity contribution < 1.29 is 19.7 Å². The van der Waals surface area contributed by atoms with Gasteiger partial charge in [0.25, 0.3) is 0 Å². The molecule has 0 saturated carbocycles. The second-order valence-corrected chi connectivity index (χ2v) is 18.7. The molecule has 0 atom stereocenters. The first-order valence-electron chi connectivity index (χ1n) is 24.4. The van der Waals surface area contributed by atoms with E-state index in [1.165, 1.54) is 0 Å². The largest absolute Gasteiger partial charge is 0.507 e. The van der Waals surface area contributed by atoms with E-state index in [9.17, 15) is 10.2 Å². The highest BCUT2D eigenvalue weighted by Crippen LogP contribution is 2.48. The molecule has 0 aromatic heterocycles. The zero-order valence-corrected chi connectivity index (χ0v) is 41.4. The van der Waals surface area contributed by atoms with E-state index in [4.69, 9.17) is 9.47 Å². The van der Waals surface area contributed by atoms with Gasteiger partial charge in [0.2, 0.25) is 0 Å². The molecule has 9 rings (SSSR count). The predicted molar refractivity (Wildman–Crippen MR) is 294 cm³/mol. The molecule has 4 heteroatoms. The molecule has 0 unspecified atom stereocenters. The molecule has 0 aliphatic heterocycles. The smallest absolute Gasteiger partial charge is 0.131 e. The fourth-order valence-corrected chi connectivity index (χ4v) is 9.46. The monoisotopic (exact) mass is 908 g/mol. The maximum Gasteiger partial charge on any atom is 0.131 e. The number of fused-ring (bicyclic) bond motifs is 3. The van der Waals surface area contributed by atoms with E-state index >= 15 is 0 Å². The Labute approximate surface area is 408 Å². The van der Waals surface area contributed by atoms with Crippen molar-refractivity contribution in [1.29, 1.82) is 0 Å². The van der Waals surface area contributed by atoms with Crippen molar-refractivity contribution in [3.8, 4) is 67.5 Å². The molecule has 0 aliphatic rings. The fraction of sp³-hybridized carbons (Fsp3) is 0.200. The maximum absolute atomic E-state index is 12.5. The van der Waals surface area contributed by atoms with Crippen LogP contribution in [0.4, 0.5) is 0 Å². The van der Waals surface area contributed by atoms with Crippen LogP contribution in [0.15, 0.2) is 170 Å². The average molecular weight is 909 g/mol. The van der Waals surface area contributed by atoms with Crippen LogP contribution in [0, 0.1) is 0 Å². The normalized spacial score (nSPS) is 12.1. The summed E-state index contributed by atoms with van der Waals surface area (Å²) in [6.07, 6.45) is 6.56. The van der Waals surface area contributed by atoms with Gasteiger partial charge in [-0.2, -0.15) is 0 Å². The highest BCUT2D eigenvalue weighted by molar-refractivity contribution is 6.14. The third-order valence-electron chi connectivity index (χ3n) is 13.0. The highest BCUT2D eigenvalue weighted by atomic mass is 16.5. The second kappa shape index (κ2) is 20.8. The van der Waals surface area contributed by atoms with Gasteiger partial charge in [0, 0.05) is 50.9 Å². The molecule has 348 valence electrons. The second-order valence-electron chi connectivity index (χ2n) is 18.7. The number of allylic oxidation sites excluding steroid dienone is 1. The van der Waals surface area contributed by atoms with Gasteiger partial charge >= 0.3 is 0 Å². The van der Waals surface area contributed by atoms with Gasteiger partial charge in [-0.3, -0.25) is 0 Å². The Morgan fingerprint density at radius 3 is 1.48 bits per heavy atom. The van der Waals surface area contributed by atoms with Crippen LogP contribution in [0.1, 0.15) is 78.9 Å². The fourth-order valence-electron chi connectivity index (χ4n) is 9.46. The van der Waals surface area contributed by atoms with Crippen molar-refractivity contribution in [3.63, 3.8) is 0 Å². The Morgan fingerprint density at radius 1 is 0.536 bits per heavy atom. The quantitative estimate of drug-likeness (QED) is 0.0947. The topological polar surface area (TPSA) is 58.9 Å². The van der Waals surface area contributed by atoms with Crippen LogP contribution in [0.25, 0.3) is 89.0 Å². The number of benzene rings is 9. The van der Waals surface area contributed by atoms with Crippen LogP contribution in [-0.4, -0.2) is 23.4 Å². The van der Waals surface area contributed by atoms with E-state index in [0.717, 1.165) is 92.8 Å². The molecule has 0 fully saturated rings. The molecule has 0 bridgehead atoms. The summed E-state index contributed by atoms with van der Waals surface area (Å²) < 4.78 is 13.1. The molecule has 0 spiro atoms. The molecule has 0 saturated heterocycles. The molecule has 0 heterocycles. The average Bonchev–Trinajstić information content (AvgIpc) is 3.36. The number of rotatable bonds is 12. The Hall–Kier alpha value is -7.56. The summed E-state index contributed by atoms with van der Waals surface area (Å²) in [6, 6.07) is 54.0. The first-order chi connectivity index (χ1) is 33.5. The van der Waals surface area contributed by atoms with Crippen LogP contribution in [0.2, 0.25) is 0 Å². The van der Waals surface area contributed by atoms with Crippen LogP contribution in [0.3, 0.4) is 0 Å². The molecule has 0 aliphatic carbocycles. The SMILES string of the molecule is C=C/C=c1/cc2ccccc2c(-c2cc(C(C)(C)C)cc(-c3ccccc3OCCCOc3ccccc3-c3cc(C(C)C)cc(-c4c5ccccc5cc5ccccc45)c3O)c2O)/c1=C/C.CC. The molecule has 69 heavy (non-hydrogen) atoms. The molecular formula is C65H64O4. The van der Waals surface area contributed by atoms with Crippen LogP contribution in [0.5, 0.6) is 23.0 Å². The van der Waals surface area contributed by atoms with E-state index in [1.807, 2.05) is 87.5 Å². The maximum atomic E-state index is 12.5. The van der Waals surface area contributed by atoms with E-state index in [0.29, 0.717) is 36.7 Å². The number of phenolic OH excluding ortho intramolecular Hbond substituents is 2. The predicted octanol–water partition coefficient (Wildman–Crippen LogP) is 16.3. The standard InChI is InChI=1S/C63H58O4.C2H6/c1-8-21-41-34-42-22-10-13-25-48(42)59(47(41)9-2)56-39-46(63(5,6)7)38-54(62(56)65)52-29-17-19-31-58(52)67-33-20-32-66-57-30-18-16-28-51(57)53-36-45(40(3)4)37-55(61(53)64)60-49-26-14-11-23-43(49)35-44-24-12-15-27-50(44)60;1-2/h8-19,21-31,34-40,64-65H,1,20,32-33H2,2-7H3;1-2H3/b41-21-,47-9+;. The Kier molecular flexibility index (Phi) is 14.4. The van der Waals surface area contributed by atoms with Crippen molar-refractivity contribution in [1.82, 2.24) is 0 Å². The van der Waals surface area contributed by atoms with Gasteiger partial charge < -0.3 is 19.7 Å². The van der Waals surface area contributed by atoms with Crippen molar-refractivity contribution in [2.75, 3.05) is 13.2 Å². The lowest BCUT2D eigenvalue weighted by molar-refractivity contribution is 0.248. The Bertz CT molecular complexity index is 3410. The van der Waals surface area contributed by atoms with E-state index in [1.54, 1.807) is 0 Å². The summed E-state index contributed by atoms with van der Waals surface area (Å²) in [7, 11) is 0. The first kappa shape index (κ1) is 47.9. The molecule has 9 aromatic rings. The Morgan fingerprint density at radius 2 is 0.971 bits per heavy atom. The lowest BCUT2D eigenvalue weighted by atomic mass is 9.81. The molecule has 0 amide bonds. The van der Waals surface area contributed by atoms with Crippen LogP contribution in [-0.2, 0) is 5.41 Å². The lowest BCUT2D eigenvalue weighted by Gasteiger charge is -2.24. The minimum Gasteiger partial charge on any atom is -0.507 e. The van der Waals surface area contributed by atoms with Crippen molar-refractivity contribution in [3.05, 3.63) is 192 Å². The summed E-state index contributed by atoms with van der Waals surface area (Å²) >= 11 is 0. The van der Waals surface area contributed by atoms with Gasteiger partial charge in [-0.05, 0) is 121 Å². The lowest BCUT2D eigenvalue weighted by Crippen LogP contribution is -2.27. The van der Waals surface area contributed by atoms with Crippen molar-refractivity contribution >= 4 is 44.5 Å². The summed E-state index contributed by atoms with van der Waals surface area (Å²) in [5.74, 6) is 2.02. The summed E-state index contributed by atoms with van der Waals surface area (Å²) in [4.78, 5) is 0. The van der Waals surface area contributed by atoms with Gasteiger partial charge in [-0.25, -0.2) is 0 Å². The van der Waals surface area contributed by atoms with Crippen molar-refractivity contribution in [2.24, 2.45) is 0 Å². The Balaban J connectivity index is 0.00000317. The minimum absolute atomic E-state index is 0.203. The first-order valence-corrected chi connectivity index (χ1v) is 24.4. The van der Waals surface area contributed by atoms with Crippen molar-refractivity contribution in [2.45, 2.75) is 73.1 Å². The summed E-state index contributed by atoms with van der Waals surface area (Å²) in [6.45, 7) is 21.8. The number of hydrogen-bond donors (Lipinski definition) is 2. The number of aromatic hydroxyl groups is 2.